The molecule has 0 atom stereocenters. The number of aryl methyl sites for hydroxylation is 2. The summed E-state index contributed by atoms with van der Waals surface area (Å²) in [5.74, 6) is 0. The fraction of sp³-hybridized carbons (Fsp3) is 0.234. The van der Waals surface area contributed by atoms with E-state index in [1.807, 2.05) is 0 Å². The highest BCUT2D eigenvalue weighted by Crippen LogP contribution is 2.48. The van der Waals surface area contributed by atoms with Gasteiger partial charge in [-0.25, -0.2) is 0 Å². The van der Waals surface area contributed by atoms with Crippen LogP contribution in [-0.2, 0) is 34.5 Å². The standard InChI is InChI=1S/2C25H22O.2C22H22/c1-15-21(25(2,3)4)14-13-20-22-18-11-7-5-9-16(18)17-10-6-8-12-19(17)24(22)26-23(15)20;1-15-22(25(2,3)4)14-13-20-21-12-11-18-17-8-6-5-7-16(17)9-10-19(18)24(21)26-23(15)20;1-14-19-13-17-11-15-7-5-6-8-16(15)12-20(17)18(19)9-10-21(14)22(2,3)4;1-14-19-13-16-10-9-15-7-5-6-8-17(15)21(16)18(19)11-12-20(14)22(2,3)4/h2*5-14H,1-4H3;2*5-12H,13H2,1-4H3. The van der Waals surface area contributed by atoms with Gasteiger partial charge in [0.2, 0.25) is 0 Å². The molecule has 2 aromatic heterocycles. The topological polar surface area (TPSA) is 26.3 Å². The van der Waals surface area contributed by atoms with Gasteiger partial charge in [0.25, 0.3) is 0 Å². The molecular weight excluding hydrogens is 1160 g/mol. The molecule has 0 saturated carbocycles. The minimum absolute atomic E-state index is 0.0986. The molecule has 0 radical (unpaired) electrons. The Labute approximate surface area is 566 Å². The Balaban J connectivity index is 0.000000105. The second kappa shape index (κ2) is 23.0. The van der Waals surface area contributed by atoms with Crippen molar-refractivity contribution in [3.05, 3.63) is 285 Å². The molecule has 2 heterocycles. The zero-order valence-electron chi connectivity index (χ0n) is 59.0. The molecule has 16 aromatic rings. The first-order valence-corrected chi connectivity index (χ1v) is 34.6. The van der Waals surface area contributed by atoms with Crippen LogP contribution in [0.3, 0.4) is 0 Å². The molecule has 0 bridgehead atoms. The van der Waals surface area contributed by atoms with Gasteiger partial charge in [0.15, 0.2) is 0 Å². The summed E-state index contributed by atoms with van der Waals surface area (Å²) in [4.78, 5) is 0. The zero-order valence-corrected chi connectivity index (χ0v) is 59.0. The van der Waals surface area contributed by atoms with Crippen LogP contribution in [0.4, 0.5) is 0 Å². The van der Waals surface area contributed by atoms with Gasteiger partial charge in [0, 0.05) is 32.3 Å². The lowest BCUT2D eigenvalue weighted by atomic mass is 9.81. The van der Waals surface area contributed by atoms with Crippen molar-refractivity contribution in [2.24, 2.45) is 0 Å². The lowest BCUT2D eigenvalue weighted by Crippen LogP contribution is -2.14. The fourth-order valence-electron chi connectivity index (χ4n) is 16.7. The Bertz CT molecular complexity index is 5840. The van der Waals surface area contributed by atoms with Gasteiger partial charge in [0.1, 0.15) is 22.3 Å². The van der Waals surface area contributed by atoms with Crippen molar-refractivity contribution in [3.63, 3.8) is 0 Å². The second-order valence-electron chi connectivity index (χ2n) is 31.6. The molecule has 0 fully saturated rings. The van der Waals surface area contributed by atoms with E-state index in [1.165, 1.54) is 175 Å². The average Bonchev–Trinajstić information content (AvgIpc) is 1.78. The van der Waals surface area contributed by atoms with Gasteiger partial charge >= 0.3 is 0 Å². The van der Waals surface area contributed by atoms with Crippen LogP contribution in [0, 0.1) is 27.7 Å². The molecule has 2 aliphatic carbocycles. The lowest BCUT2D eigenvalue weighted by molar-refractivity contribution is 0.582. The molecule has 2 nitrogen and oxygen atoms in total. The number of fused-ring (bicyclic) bond motifs is 24. The predicted molar refractivity (Wildman–Crippen MR) is 416 cm³/mol. The van der Waals surface area contributed by atoms with E-state index in [4.69, 9.17) is 8.83 Å². The molecule has 18 rings (SSSR count). The molecule has 96 heavy (non-hydrogen) atoms. The van der Waals surface area contributed by atoms with Crippen LogP contribution in [0.5, 0.6) is 0 Å². The monoisotopic (exact) mass is 1250 g/mol. The fourth-order valence-corrected chi connectivity index (χ4v) is 16.7. The third-order valence-electron chi connectivity index (χ3n) is 21.3. The molecule has 2 heteroatoms. The maximum Gasteiger partial charge on any atom is 0.143 e. The van der Waals surface area contributed by atoms with E-state index in [0.717, 1.165) is 35.2 Å². The van der Waals surface area contributed by atoms with E-state index in [1.54, 1.807) is 0 Å². The molecular formula is C94H88O2. The molecule has 0 saturated heterocycles. The Hall–Kier alpha value is -9.76. The van der Waals surface area contributed by atoms with Gasteiger partial charge in [-0.2, -0.15) is 0 Å². The molecule has 0 aliphatic heterocycles. The van der Waals surface area contributed by atoms with E-state index in [-0.39, 0.29) is 21.7 Å². The highest BCUT2D eigenvalue weighted by atomic mass is 16.3. The largest absolute Gasteiger partial charge is 0.455 e. The van der Waals surface area contributed by atoms with Gasteiger partial charge in [-0.3, -0.25) is 0 Å². The van der Waals surface area contributed by atoms with Gasteiger partial charge in [-0.05, 0) is 223 Å². The van der Waals surface area contributed by atoms with Gasteiger partial charge in [-0.1, -0.05) is 283 Å². The van der Waals surface area contributed by atoms with Crippen LogP contribution < -0.4 is 0 Å². The average molecular weight is 1250 g/mol. The summed E-state index contributed by atoms with van der Waals surface area (Å²) in [7, 11) is 0. The van der Waals surface area contributed by atoms with Crippen molar-refractivity contribution in [2.45, 2.75) is 145 Å². The summed E-state index contributed by atoms with van der Waals surface area (Å²) < 4.78 is 13.0. The molecule has 476 valence electrons. The smallest absolute Gasteiger partial charge is 0.143 e. The molecule has 0 unspecified atom stereocenters. The highest BCUT2D eigenvalue weighted by molar-refractivity contribution is 6.30. The predicted octanol–water partition coefficient (Wildman–Crippen LogP) is 27.0. The highest BCUT2D eigenvalue weighted by Gasteiger charge is 2.29. The quantitative estimate of drug-likeness (QED) is 0.141. The Kier molecular flexibility index (Phi) is 14.9. The molecule has 0 amide bonds. The normalized spacial score (nSPS) is 12.9. The van der Waals surface area contributed by atoms with Crippen molar-refractivity contribution < 1.29 is 8.83 Å². The van der Waals surface area contributed by atoms with E-state index < -0.39 is 0 Å². The number of furan rings is 2. The molecule has 0 spiro atoms. The van der Waals surface area contributed by atoms with E-state index in [9.17, 15) is 0 Å². The van der Waals surface area contributed by atoms with Gasteiger partial charge < -0.3 is 8.83 Å². The lowest BCUT2D eigenvalue weighted by Gasteiger charge is -2.23. The van der Waals surface area contributed by atoms with Gasteiger partial charge in [0.05, 0.1) is 0 Å². The first-order chi connectivity index (χ1) is 45.8. The van der Waals surface area contributed by atoms with Crippen molar-refractivity contribution >= 4 is 109 Å². The Morgan fingerprint density at radius 2 is 0.615 bits per heavy atom. The summed E-state index contributed by atoms with van der Waals surface area (Å²) in [5, 5.41) is 20.3. The van der Waals surface area contributed by atoms with Crippen LogP contribution in [0.2, 0.25) is 0 Å². The number of hydrogen-bond acceptors (Lipinski definition) is 2. The Morgan fingerprint density at radius 3 is 1.23 bits per heavy atom. The van der Waals surface area contributed by atoms with Crippen molar-refractivity contribution in [1.29, 1.82) is 0 Å². The number of benzene rings is 14. The van der Waals surface area contributed by atoms with Crippen molar-refractivity contribution in [3.8, 4) is 22.3 Å². The van der Waals surface area contributed by atoms with Gasteiger partial charge in [-0.15, -0.1) is 0 Å². The zero-order chi connectivity index (χ0) is 67.1. The Morgan fingerprint density at radius 1 is 0.250 bits per heavy atom. The number of rotatable bonds is 0. The van der Waals surface area contributed by atoms with Crippen molar-refractivity contribution in [1.82, 2.24) is 0 Å². The summed E-state index contributed by atoms with van der Waals surface area (Å²) in [5.41, 5.74) is 27.5. The van der Waals surface area contributed by atoms with E-state index >= 15 is 0 Å². The maximum atomic E-state index is 6.54. The maximum absolute atomic E-state index is 6.54. The third-order valence-corrected chi connectivity index (χ3v) is 21.3. The van der Waals surface area contributed by atoms with Crippen LogP contribution in [0.1, 0.15) is 150 Å². The van der Waals surface area contributed by atoms with Crippen LogP contribution >= 0.6 is 0 Å². The third kappa shape index (κ3) is 10.5. The minimum Gasteiger partial charge on any atom is -0.455 e. The SMILES string of the molecule is Cc1c(C(C)(C)C)ccc2c1Cc1cc3ccccc3cc1-2.Cc1c(C(C)(C)C)ccc2c1Cc1ccc3ccccc3c1-2.Cc1c(C(C)(C)C)ccc2c1oc1c2ccc2c3ccccc3ccc21.Cc1c(C(C)(C)C)ccc2c1oc1c3ccccc3c3ccccc3c21. The van der Waals surface area contributed by atoms with Crippen LogP contribution in [0.15, 0.2) is 227 Å². The van der Waals surface area contributed by atoms with Crippen molar-refractivity contribution in [2.75, 3.05) is 0 Å². The van der Waals surface area contributed by atoms with Crippen LogP contribution in [0.25, 0.3) is 131 Å². The first kappa shape index (κ1) is 62.4. The summed E-state index contributed by atoms with van der Waals surface area (Å²) in [6, 6.07) is 79.7. The molecule has 14 aromatic carbocycles. The van der Waals surface area contributed by atoms with Crippen LogP contribution in [-0.4, -0.2) is 0 Å². The van der Waals surface area contributed by atoms with E-state index in [0.29, 0.717) is 0 Å². The van der Waals surface area contributed by atoms with E-state index in [2.05, 4.69) is 329 Å². The minimum atomic E-state index is 0.0986. The summed E-state index contributed by atoms with van der Waals surface area (Å²) in [6.07, 6.45) is 2.15. The summed E-state index contributed by atoms with van der Waals surface area (Å²) >= 11 is 0. The first-order valence-electron chi connectivity index (χ1n) is 34.6. The number of hydrogen-bond donors (Lipinski definition) is 0. The summed E-state index contributed by atoms with van der Waals surface area (Å²) in [6.45, 7) is 36.3. The molecule has 0 N–H and O–H groups in total. The molecule has 2 aliphatic rings. The second-order valence-corrected chi connectivity index (χ2v) is 31.6.